The number of pyridine rings is 1. The second kappa shape index (κ2) is 6.37. The molecule has 0 aliphatic heterocycles. The van der Waals surface area contributed by atoms with Gasteiger partial charge in [-0.2, -0.15) is 0 Å². The van der Waals surface area contributed by atoms with E-state index in [1.54, 1.807) is 22.9 Å². The molecule has 20 heavy (non-hydrogen) atoms. The molecule has 1 aromatic heterocycles. The molecular weight excluding hydrogens is 316 g/mol. The molecule has 0 spiro atoms. The van der Waals surface area contributed by atoms with Crippen molar-refractivity contribution in [3.63, 3.8) is 0 Å². The van der Waals surface area contributed by atoms with E-state index in [1.165, 1.54) is 5.56 Å². The minimum atomic E-state index is -0.191. The van der Waals surface area contributed by atoms with Crippen LogP contribution in [0.2, 0.25) is 0 Å². The van der Waals surface area contributed by atoms with Gasteiger partial charge in [0.05, 0.1) is 0 Å². The van der Waals surface area contributed by atoms with Gasteiger partial charge >= 0.3 is 0 Å². The molecule has 1 atom stereocenters. The third-order valence-corrected chi connectivity index (χ3v) is 3.84. The summed E-state index contributed by atoms with van der Waals surface area (Å²) in [5, 5.41) is 0. The summed E-state index contributed by atoms with van der Waals surface area (Å²) in [4.78, 5) is 11.8. The monoisotopic (exact) mass is 334 g/mol. The van der Waals surface area contributed by atoms with Crippen LogP contribution in [-0.4, -0.2) is 4.57 Å². The molecule has 1 unspecified atom stereocenters. The van der Waals surface area contributed by atoms with Crippen LogP contribution in [0.3, 0.4) is 0 Å². The van der Waals surface area contributed by atoms with Crippen molar-refractivity contribution in [2.45, 2.75) is 32.4 Å². The van der Waals surface area contributed by atoms with E-state index in [9.17, 15) is 4.79 Å². The molecule has 106 valence electrons. The van der Waals surface area contributed by atoms with Gasteiger partial charge in [0.25, 0.3) is 5.56 Å². The van der Waals surface area contributed by atoms with Crippen LogP contribution in [0.25, 0.3) is 0 Å². The molecule has 0 aliphatic rings. The zero-order chi connectivity index (χ0) is 14.7. The van der Waals surface area contributed by atoms with Crippen molar-refractivity contribution < 1.29 is 0 Å². The van der Waals surface area contributed by atoms with Gasteiger partial charge in [-0.3, -0.25) is 4.79 Å². The Balaban J connectivity index is 2.17. The summed E-state index contributed by atoms with van der Waals surface area (Å²) in [7, 11) is 0. The fourth-order valence-electron chi connectivity index (χ4n) is 2.09. The maximum Gasteiger partial charge on any atom is 0.250 e. The number of benzene rings is 1. The van der Waals surface area contributed by atoms with Gasteiger partial charge in [-0.15, -0.1) is 0 Å². The van der Waals surface area contributed by atoms with Gasteiger partial charge in [-0.1, -0.05) is 38.1 Å². The van der Waals surface area contributed by atoms with Gasteiger partial charge in [0, 0.05) is 29.3 Å². The molecule has 0 saturated heterocycles. The highest BCUT2D eigenvalue weighted by atomic mass is 79.9. The first-order valence-corrected chi connectivity index (χ1v) is 7.48. The van der Waals surface area contributed by atoms with E-state index >= 15 is 0 Å². The number of nitrogens with zero attached hydrogens (tertiary/aromatic N) is 1. The van der Waals surface area contributed by atoms with Crippen molar-refractivity contribution in [3.8, 4) is 0 Å². The highest BCUT2D eigenvalue weighted by molar-refractivity contribution is 9.10. The molecule has 0 saturated carbocycles. The number of nitrogens with two attached hydrogens (primary N) is 1. The number of hydrogen-bond donors (Lipinski definition) is 1. The van der Waals surface area contributed by atoms with Crippen LogP contribution < -0.4 is 11.3 Å². The first-order chi connectivity index (χ1) is 9.47. The van der Waals surface area contributed by atoms with Gasteiger partial charge in [0.1, 0.15) is 0 Å². The Hall–Kier alpha value is -1.39. The molecule has 3 nitrogen and oxygen atoms in total. The Morgan fingerprint density at radius 3 is 2.30 bits per heavy atom. The molecule has 0 amide bonds. The van der Waals surface area contributed by atoms with Crippen LogP contribution in [0.5, 0.6) is 0 Å². The lowest BCUT2D eigenvalue weighted by Crippen LogP contribution is -2.25. The Kier molecular flexibility index (Phi) is 4.78. The molecule has 2 aromatic rings. The molecule has 0 radical (unpaired) electrons. The second-order valence-corrected chi connectivity index (χ2v) is 6.18. The van der Waals surface area contributed by atoms with Gasteiger partial charge in [-0.25, -0.2) is 0 Å². The summed E-state index contributed by atoms with van der Waals surface area (Å²) in [6.07, 6.45) is 1.77. The third-order valence-electron chi connectivity index (χ3n) is 3.37. The van der Waals surface area contributed by atoms with Gasteiger partial charge in [0.15, 0.2) is 0 Å². The minimum absolute atomic E-state index is 0.0394. The molecule has 2 rings (SSSR count). The largest absolute Gasteiger partial charge is 0.322 e. The van der Waals surface area contributed by atoms with Crippen molar-refractivity contribution in [2.24, 2.45) is 5.73 Å². The van der Waals surface area contributed by atoms with Gasteiger partial charge in [-0.05, 0) is 39.0 Å². The lowest BCUT2D eigenvalue weighted by molar-refractivity contribution is 0.560. The van der Waals surface area contributed by atoms with Crippen molar-refractivity contribution in [3.05, 3.63) is 68.5 Å². The first-order valence-electron chi connectivity index (χ1n) is 6.69. The van der Waals surface area contributed by atoms with Crippen LogP contribution in [-0.2, 0) is 6.54 Å². The molecule has 1 heterocycles. The summed E-state index contributed by atoms with van der Waals surface area (Å²) in [5.41, 5.74) is 8.49. The summed E-state index contributed by atoms with van der Waals surface area (Å²) in [5.74, 6) is 0.507. The topological polar surface area (TPSA) is 48.0 Å². The van der Waals surface area contributed by atoms with Crippen LogP contribution >= 0.6 is 15.9 Å². The fraction of sp³-hybridized carbons (Fsp3) is 0.312. The van der Waals surface area contributed by atoms with E-state index in [0.717, 1.165) is 10.0 Å². The zero-order valence-corrected chi connectivity index (χ0v) is 13.3. The van der Waals surface area contributed by atoms with E-state index in [0.29, 0.717) is 12.5 Å². The van der Waals surface area contributed by atoms with Crippen molar-refractivity contribution in [1.82, 2.24) is 4.57 Å². The summed E-state index contributed by atoms with van der Waals surface area (Å²) >= 11 is 3.37. The van der Waals surface area contributed by atoms with E-state index in [2.05, 4.69) is 41.9 Å². The zero-order valence-electron chi connectivity index (χ0n) is 11.7. The third kappa shape index (κ3) is 3.58. The Bertz CT molecular complexity index is 632. The standard InChI is InChI=1S/C16H19BrN2O/c1-11(2)12-3-5-13(6-4-12)15(18)10-19-9-14(17)7-8-16(19)20/h3-9,11,15H,10,18H2,1-2H3. The predicted octanol–water partition coefficient (Wildman–Crippen LogP) is 3.43. The highest BCUT2D eigenvalue weighted by Gasteiger charge is 2.09. The number of rotatable bonds is 4. The van der Waals surface area contributed by atoms with E-state index in [4.69, 9.17) is 5.73 Å². The van der Waals surface area contributed by atoms with Crippen molar-refractivity contribution in [1.29, 1.82) is 0 Å². The molecule has 4 heteroatoms. The summed E-state index contributed by atoms with van der Waals surface area (Å²) < 4.78 is 2.50. The maximum atomic E-state index is 11.8. The number of hydrogen-bond acceptors (Lipinski definition) is 2. The Morgan fingerprint density at radius 1 is 1.10 bits per heavy atom. The van der Waals surface area contributed by atoms with E-state index < -0.39 is 0 Å². The van der Waals surface area contributed by atoms with Crippen LogP contribution in [0.4, 0.5) is 0 Å². The quantitative estimate of drug-likeness (QED) is 0.930. The average Bonchev–Trinajstić information content (AvgIpc) is 2.43. The van der Waals surface area contributed by atoms with Crippen molar-refractivity contribution in [2.75, 3.05) is 0 Å². The van der Waals surface area contributed by atoms with E-state index in [1.807, 2.05) is 12.1 Å². The lowest BCUT2D eigenvalue weighted by atomic mass is 9.99. The predicted molar refractivity (Wildman–Crippen MR) is 85.9 cm³/mol. The van der Waals surface area contributed by atoms with Crippen LogP contribution in [0, 0.1) is 0 Å². The SMILES string of the molecule is CC(C)c1ccc(C(N)Cn2cc(Br)ccc2=O)cc1. The summed E-state index contributed by atoms with van der Waals surface area (Å²) in [6, 6.07) is 11.4. The number of halogens is 1. The highest BCUT2D eigenvalue weighted by Crippen LogP contribution is 2.18. The van der Waals surface area contributed by atoms with Gasteiger partial charge in [0.2, 0.25) is 0 Å². The smallest absolute Gasteiger partial charge is 0.250 e. The second-order valence-electron chi connectivity index (χ2n) is 5.27. The Labute approximate surface area is 127 Å². The normalized spacial score (nSPS) is 12.7. The summed E-state index contributed by atoms with van der Waals surface area (Å²) in [6.45, 7) is 4.80. The maximum absolute atomic E-state index is 11.8. The van der Waals surface area contributed by atoms with Crippen LogP contribution in [0.15, 0.2) is 51.9 Å². The molecule has 0 aliphatic carbocycles. The average molecular weight is 335 g/mol. The molecule has 2 N–H and O–H groups in total. The van der Waals surface area contributed by atoms with E-state index in [-0.39, 0.29) is 11.6 Å². The minimum Gasteiger partial charge on any atom is -0.322 e. The molecule has 0 fully saturated rings. The molecule has 1 aromatic carbocycles. The lowest BCUT2D eigenvalue weighted by Gasteiger charge is -2.15. The molecule has 0 bridgehead atoms. The van der Waals surface area contributed by atoms with Crippen molar-refractivity contribution >= 4 is 15.9 Å². The first kappa shape index (κ1) is 15.0. The fourth-order valence-corrected chi connectivity index (χ4v) is 2.47. The molecular formula is C16H19BrN2O. The number of aromatic nitrogens is 1. The van der Waals surface area contributed by atoms with Gasteiger partial charge < -0.3 is 10.3 Å². The van der Waals surface area contributed by atoms with Crippen LogP contribution in [0.1, 0.15) is 36.9 Å². The Morgan fingerprint density at radius 2 is 1.70 bits per heavy atom.